The van der Waals surface area contributed by atoms with E-state index in [0.29, 0.717) is 0 Å². The molecule has 1 heterocycles. The van der Waals surface area contributed by atoms with Crippen molar-refractivity contribution in [3.63, 3.8) is 0 Å². The first-order valence-electron chi connectivity index (χ1n) is 7.18. The molecule has 116 valence electrons. The number of benzene rings is 2. The Bertz CT molecular complexity index is 864. The summed E-state index contributed by atoms with van der Waals surface area (Å²) >= 11 is 0. The Labute approximate surface area is 133 Å². The summed E-state index contributed by atoms with van der Waals surface area (Å²) in [6.07, 6.45) is 5.02. The second-order valence-corrected chi connectivity index (χ2v) is 5.27. The van der Waals surface area contributed by atoms with Gasteiger partial charge < -0.3 is 15.1 Å². The molecule has 23 heavy (non-hydrogen) atoms. The van der Waals surface area contributed by atoms with E-state index in [4.69, 9.17) is 11.6 Å². The molecular formula is C18H17N3O2. The number of hydrogen-bond donors (Lipinski definition) is 2. The molecule has 0 fully saturated rings. The van der Waals surface area contributed by atoms with E-state index in [0.717, 1.165) is 28.7 Å². The molecule has 0 saturated heterocycles. The van der Waals surface area contributed by atoms with Crippen LogP contribution in [-0.4, -0.2) is 10.5 Å². The van der Waals surface area contributed by atoms with Crippen molar-refractivity contribution in [3.05, 3.63) is 71.9 Å². The Kier molecular flexibility index (Phi) is 4.12. The molecule has 0 aliphatic heterocycles. The molecule has 0 aliphatic carbocycles. The lowest BCUT2D eigenvalue weighted by atomic mass is 10.1. The number of carbonyl (C=O) groups is 1. The molecule has 0 radical (unpaired) electrons. The quantitative estimate of drug-likeness (QED) is 0.441. The van der Waals surface area contributed by atoms with Crippen molar-refractivity contribution in [2.24, 2.45) is 5.90 Å². The first-order valence-corrected chi connectivity index (χ1v) is 7.18. The smallest absolute Gasteiger partial charge is 0.349 e. The van der Waals surface area contributed by atoms with Gasteiger partial charge in [0.05, 0.1) is 0 Å². The fraction of sp³-hybridized carbons (Fsp3) is 0.0556. The zero-order valence-electron chi connectivity index (χ0n) is 12.5. The fourth-order valence-corrected chi connectivity index (χ4v) is 2.48. The molecule has 0 bridgehead atoms. The summed E-state index contributed by atoms with van der Waals surface area (Å²) in [5, 5.41) is 1.10. The van der Waals surface area contributed by atoms with Crippen molar-refractivity contribution in [1.82, 2.24) is 4.57 Å². The lowest BCUT2D eigenvalue weighted by molar-refractivity contribution is -0.138. The van der Waals surface area contributed by atoms with Crippen LogP contribution in [0.1, 0.15) is 11.1 Å². The van der Waals surface area contributed by atoms with Crippen molar-refractivity contribution in [1.29, 1.82) is 0 Å². The topological polar surface area (TPSA) is 83.3 Å². The van der Waals surface area contributed by atoms with Crippen LogP contribution in [0.3, 0.4) is 0 Å². The first kappa shape index (κ1) is 14.9. The lowest BCUT2D eigenvalue weighted by Gasteiger charge is -2.06. The minimum atomic E-state index is -0.578. The maximum absolute atomic E-state index is 11.0. The van der Waals surface area contributed by atoms with E-state index in [2.05, 4.69) is 9.40 Å². The second kappa shape index (κ2) is 6.37. The van der Waals surface area contributed by atoms with Gasteiger partial charge in [-0.25, -0.2) is 4.79 Å². The molecule has 0 unspecified atom stereocenters. The highest BCUT2D eigenvalue weighted by Crippen LogP contribution is 2.20. The highest BCUT2D eigenvalue weighted by molar-refractivity contribution is 5.89. The van der Waals surface area contributed by atoms with Crippen molar-refractivity contribution in [2.75, 3.05) is 5.73 Å². The highest BCUT2D eigenvalue weighted by atomic mass is 16.7. The third-order valence-electron chi connectivity index (χ3n) is 3.66. The van der Waals surface area contributed by atoms with Gasteiger partial charge in [0.15, 0.2) is 0 Å². The predicted octanol–water partition coefficient (Wildman–Crippen LogP) is 2.70. The van der Waals surface area contributed by atoms with Gasteiger partial charge in [0.1, 0.15) is 0 Å². The van der Waals surface area contributed by atoms with E-state index in [1.54, 1.807) is 6.08 Å². The van der Waals surface area contributed by atoms with Gasteiger partial charge in [-0.15, -0.1) is 0 Å². The van der Waals surface area contributed by atoms with E-state index < -0.39 is 5.97 Å². The highest BCUT2D eigenvalue weighted by Gasteiger charge is 2.03. The zero-order valence-corrected chi connectivity index (χ0v) is 12.5. The third kappa shape index (κ3) is 3.41. The fourth-order valence-electron chi connectivity index (χ4n) is 2.48. The van der Waals surface area contributed by atoms with Crippen LogP contribution < -0.4 is 11.6 Å². The summed E-state index contributed by atoms with van der Waals surface area (Å²) in [6.45, 7) is 0.776. The van der Waals surface area contributed by atoms with Crippen LogP contribution in [0, 0.1) is 0 Å². The number of fused-ring (bicyclic) bond motifs is 1. The number of nitrogens with zero attached hydrogens (tertiary/aromatic N) is 1. The van der Waals surface area contributed by atoms with Crippen molar-refractivity contribution in [3.8, 4) is 0 Å². The Morgan fingerprint density at radius 3 is 2.65 bits per heavy atom. The van der Waals surface area contributed by atoms with Gasteiger partial charge in [0, 0.05) is 35.4 Å². The zero-order chi connectivity index (χ0) is 16.2. The van der Waals surface area contributed by atoms with Crippen LogP contribution in [0.4, 0.5) is 5.69 Å². The Hall–Kier alpha value is -3.05. The van der Waals surface area contributed by atoms with Gasteiger partial charge in [-0.1, -0.05) is 18.2 Å². The van der Waals surface area contributed by atoms with Gasteiger partial charge in [-0.05, 0) is 47.5 Å². The molecule has 5 nitrogen and oxygen atoms in total. The maximum Gasteiger partial charge on any atom is 0.349 e. The number of nitrogen functional groups attached to an aromatic ring is 1. The summed E-state index contributed by atoms with van der Waals surface area (Å²) < 4.78 is 2.17. The normalized spacial score (nSPS) is 11.2. The first-order chi connectivity index (χ1) is 11.2. The van der Waals surface area contributed by atoms with Crippen LogP contribution in [0.25, 0.3) is 17.0 Å². The minimum absolute atomic E-state index is 0.578. The van der Waals surface area contributed by atoms with Crippen molar-refractivity contribution >= 4 is 28.6 Å². The second-order valence-electron chi connectivity index (χ2n) is 5.27. The SMILES string of the molecule is NOC(=O)/C=C/c1ccc2c(ccn2Cc2ccc(N)cc2)c1. The van der Waals surface area contributed by atoms with Gasteiger partial charge in [0.25, 0.3) is 0 Å². The molecule has 0 atom stereocenters. The number of hydrogen-bond acceptors (Lipinski definition) is 4. The Morgan fingerprint density at radius 2 is 1.91 bits per heavy atom. The van der Waals surface area contributed by atoms with Crippen LogP contribution >= 0.6 is 0 Å². The Balaban J connectivity index is 1.85. The summed E-state index contributed by atoms with van der Waals surface area (Å²) in [6, 6.07) is 15.9. The molecule has 3 aromatic rings. The monoisotopic (exact) mass is 307 g/mol. The van der Waals surface area contributed by atoms with Crippen LogP contribution in [0.2, 0.25) is 0 Å². The van der Waals surface area contributed by atoms with E-state index in [9.17, 15) is 4.79 Å². The average molecular weight is 307 g/mol. The van der Waals surface area contributed by atoms with Crippen LogP contribution in [0.15, 0.2) is 60.8 Å². The van der Waals surface area contributed by atoms with Crippen LogP contribution in [-0.2, 0) is 16.2 Å². The molecule has 4 N–H and O–H groups in total. The average Bonchev–Trinajstić information content (AvgIpc) is 2.97. The number of anilines is 1. The van der Waals surface area contributed by atoms with Crippen LogP contribution in [0.5, 0.6) is 0 Å². The summed E-state index contributed by atoms with van der Waals surface area (Å²) in [5.41, 5.74) is 9.70. The summed E-state index contributed by atoms with van der Waals surface area (Å²) in [4.78, 5) is 15.1. The van der Waals surface area contributed by atoms with Gasteiger partial charge in [-0.2, -0.15) is 5.90 Å². The number of carbonyl (C=O) groups excluding carboxylic acids is 1. The molecular weight excluding hydrogens is 290 g/mol. The Morgan fingerprint density at radius 1 is 1.13 bits per heavy atom. The molecule has 0 spiro atoms. The molecule has 0 aliphatic rings. The molecule has 2 aromatic carbocycles. The van der Waals surface area contributed by atoms with Gasteiger partial charge in [0.2, 0.25) is 0 Å². The molecule has 0 saturated carbocycles. The summed E-state index contributed by atoms with van der Waals surface area (Å²) in [7, 11) is 0. The number of aromatic nitrogens is 1. The third-order valence-corrected chi connectivity index (χ3v) is 3.66. The molecule has 1 aromatic heterocycles. The number of nitrogens with two attached hydrogens (primary N) is 2. The largest absolute Gasteiger partial charge is 0.399 e. The van der Waals surface area contributed by atoms with E-state index >= 15 is 0 Å². The maximum atomic E-state index is 11.0. The molecule has 3 rings (SSSR count). The van der Waals surface area contributed by atoms with E-state index in [1.807, 2.05) is 54.7 Å². The predicted molar refractivity (Wildman–Crippen MR) is 91.2 cm³/mol. The molecule has 0 amide bonds. The molecule has 5 heteroatoms. The van der Waals surface area contributed by atoms with Gasteiger partial charge in [-0.3, -0.25) is 0 Å². The number of rotatable bonds is 4. The van der Waals surface area contributed by atoms with E-state index in [-0.39, 0.29) is 0 Å². The lowest BCUT2D eigenvalue weighted by Crippen LogP contribution is -2.05. The van der Waals surface area contributed by atoms with Gasteiger partial charge >= 0.3 is 5.97 Å². The van der Waals surface area contributed by atoms with Crippen molar-refractivity contribution < 1.29 is 9.63 Å². The standard InChI is InChI=1S/C18H17N3O2/c19-16-5-1-14(2-6-16)12-21-10-9-15-11-13(3-7-17(15)21)4-8-18(22)23-20/h1-11H,12,19-20H2/b8-4+. The summed E-state index contributed by atoms with van der Waals surface area (Å²) in [5.74, 6) is 4.22. The minimum Gasteiger partial charge on any atom is -0.399 e. The van der Waals surface area contributed by atoms with E-state index in [1.165, 1.54) is 11.6 Å². The van der Waals surface area contributed by atoms with Crippen molar-refractivity contribution in [2.45, 2.75) is 6.54 Å².